The molecule has 17 heavy (non-hydrogen) atoms. The van der Waals surface area contributed by atoms with E-state index in [9.17, 15) is 4.79 Å². The number of carbonyl (C=O) groups is 1. The first-order valence-corrected chi connectivity index (χ1v) is 5.46. The predicted molar refractivity (Wildman–Crippen MR) is 65.1 cm³/mol. The summed E-state index contributed by atoms with van der Waals surface area (Å²) in [6.07, 6.45) is 6.53. The van der Waals surface area contributed by atoms with Crippen LogP contribution in [0.25, 0.3) is 0 Å². The minimum atomic E-state index is -0.140. The largest absolute Gasteiger partial charge is 0.383 e. The fourth-order valence-corrected chi connectivity index (χ4v) is 1.57. The van der Waals surface area contributed by atoms with Crippen molar-refractivity contribution < 1.29 is 9.53 Å². The Morgan fingerprint density at radius 2 is 2.53 bits per heavy atom. The summed E-state index contributed by atoms with van der Waals surface area (Å²) in [4.78, 5) is 11.9. The van der Waals surface area contributed by atoms with Crippen LogP contribution in [0, 0.1) is 12.3 Å². The van der Waals surface area contributed by atoms with Gasteiger partial charge in [-0.05, 0) is 0 Å². The van der Waals surface area contributed by atoms with E-state index >= 15 is 0 Å². The van der Waals surface area contributed by atoms with Crippen LogP contribution in [-0.4, -0.2) is 42.4 Å². The molecule has 0 unspecified atom stereocenters. The number of ether oxygens (including phenoxy) is 1. The number of carbonyl (C=O) groups excluding carboxylic acids is 1. The van der Waals surface area contributed by atoms with E-state index in [1.54, 1.807) is 7.11 Å². The van der Waals surface area contributed by atoms with Crippen molar-refractivity contribution in [2.45, 2.75) is 6.54 Å². The van der Waals surface area contributed by atoms with Crippen molar-refractivity contribution in [3.63, 3.8) is 0 Å². The highest BCUT2D eigenvalue weighted by molar-refractivity contribution is 6.33. The molecular weight excluding hydrogens is 242 g/mol. The van der Waals surface area contributed by atoms with Crippen LogP contribution in [0.3, 0.4) is 0 Å². The third-order valence-electron chi connectivity index (χ3n) is 2.08. The molecule has 1 N–H and O–H groups in total. The van der Waals surface area contributed by atoms with Gasteiger partial charge in [-0.1, -0.05) is 17.5 Å². The van der Waals surface area contributed by atoms with E-state index in [1.807, 2.05) is 0 Å². The number of nitrogens with zero attached hydrogens (tertiary/aromatic N) is 2. The lowest BCUT2D eigenvalue weighted by Crippen LogP contribution is -2.26. The summed E-state index contributed by atoms with van der Waals surface area (Å²) in [5.74, 6) is 2.25. The molecule has 1 aromatic rings. The van der Waals surface area contributed by atoms with Crippen LogP contribution >= 0.6 is 11.6 Å². The molecule has 0 aliphatic carbocycles. The van der Waals surface area contributed by atoms with Crippen LogP contribution in [0.15, 0.2) is 6.20 Å². The smallest absolute Gasteiger partial charge is 0.196 e. The summed E-state index contributed by atoms with van der Waals surface area (Å²) in [7, 11) is 1.58. The predicted octanol–water partition coefficient (Wildman–Crippen LogP) is 0.588. The first-order valence-electron chi connectivity index (χ1n) is 5.08. The van der Waals surface area contributed by atoms with Crippen molar-refractivity contribution in [1.82, 2.24) is 15.1 Å². The number of methoxy groups -OCH3 is 1. The Labute approximate surface area is 105 Å². The van der Waals surface area contributed by atoms with Gasteiger partial charge >= 0.3 is 0 Å². The van der Waals surface area contributed by atoms with Crippen molar-refractivity contribution in [2.75, 3.05) is 26.8 Å². The molecule has 0 radical (unpaired) electrons. The average Bonchev–Trinajstić information content (AvgIpc) is 2.68. The second-order valence-electron chi connectivity index (χ2n) is 3.29. The Morgan fingerprint density at radius 1 is 1.76 bits per heavy atom. The van der Waals surface area contributed by atoms with Gasteiger partial charge in [-0.2, -0.15) is 5.10 Å². The lowest BCUT2D eigenvalue weighted by Gasteiger charge is -2.06. The lowest BCUT2D eigenvalue weighted by molar-refractivity contribution is 0.0978. The fraction of sp³-hybridized carbons (Fsp3) is 0.455. The number of aromatic nitrogens is 2. The molecule has 0 aliphatic rings. The zero-order valence-corrected chi connectivity index (χ0v) is 10.3. The van der Waals surface area contributed by atoms with Gasteiger partial charge in [0.15, 0.2) is 5.78 Å². The second kappa shape index (κ2) is 7.07. The van der Waals surface area contributed by atoms with E-state index in [2.05, 4.69) is 16.3 Å². The topological polar surface area (TPSA) is 56.2 Å². The zero-order chi connectivity index (χ0) is 12.7. The van der Waals surface area contributed by atoms with E-state index in [0.717, 1.165) is 0 Å². The quantitative estimate of drug-likeness (QED) is 0.440. The Balaban J connectivity index is 2.70. The summed E-state index contributed by atoms with van der Waals surface area (Å²) >= 11 is 5.92. The maximum absolute atomic E-state index is 11.9. The lowest BCUT2D eigenvalue weighted by atomic mass is 10.3. The van der Waals surface area contributed by atoms with Gasteiger partial charge in [0.1, 0.15) is 5.69 Å². The molecule has 0 atom stereocenters. The van der Waals surface area contributed by atoms with Gasteiger partial charge in [0.25, 0.3) is 0 Å². The number of hydrogen-bond donors (Lipinski definition) is 1. The van der Waals surface area contributed by atoms with Crippen LogP contribution in [0.4, 0.5) is 0 Å². The van der Waals surface area contributed by atoms with Crippen LogP contribution in [0.5, 0.6) is 0 Å². The van der Waals surface area contributed by atoms with Crippen LogP contribution < -0.4 is 5.32 Å². The van der Waals surface area contributed by atoms with Gasteiger partial charge in [0.2, 0.25) is 0 Å². The van der Waals surface area contributed by atoms with Crippen molar-refractivity contribution in [3.8, 4) is 12.3 Å². The first-order chi connectivity index (χ1) is 8.20. The molecule has 1 rings (SSSR count). The average molecular weight is 256 g/mol. The van der Waals surface area contributed by atoms with E-state index in [4.69, 9.17) is 22.8 Å². The maximum Gasteiger partial charge on any atom is 0.196 e. The third-order valence-corrected chi connectivity index (χ3v) is 2.36. The monoisotopic (exact) mass is 255 g/mol. The maximum atomic E-state index is 11.9. The summed E-state index contributed by atoms with van der Waals surface area (Å²) in [5, 5.41) is 7.18. The number of hydrogen-bond acceptors (Lipinski definition) is 4. The number of terminal acetylenes is 1. The van der Waals surface area contributed by atoms with Crippen molar-refractivity contribution in [3.05, 3.63) is 16.9 Å². The van der Waals surface area contributed by atoms with E-state index in [0.29, 0.717) is 30.4 Å². The normalized spacial score (nSPS) is 10.2. The molecule has 0 saturated heterocycles. The molecule has 0 bridgehead atoms. The standard InChI is InChI=1S/C11H14ClN3O2/c1-3-4-13-8-10(16)11-9(12)7-14-15(11)5-6-17-2/h1,7,13H,4-6,8H2,2H3. The number of rotatable bonds is 7. The summed E-state index contributed by atoms with van der Waals surface area (Å²) in [5.41, 5.74) is 0.383. The molecule has 0 aliphatic heterocycles. The molecule has 0 spiro atoms. The molecule has 1 heterocycles. The van der Waals surface area contributed by atoms with Crippen LogP contribution in [0.2, 0.25) is 5.02 Å². The molecule has 5 nitrogen and oxygen atoms in total. The fourth-order valence-electron chi connectivity index (χ4n) is 1.32. The molecular formula is C11H14ClN3O2. The van der Waals surface area contributed by atoms with E-state index < -0.39 is 0 Å². The molecule has 92 valence electrons. The van der Waals surface area contributed by atoms with Gasteiger partial charge in [-0.3, -0.25) is 14.8 Å². The summed E-state index contributed by atoms with van der Waals surface area (Å²) in [6.45, 7) is 1.44. The third kappa shape index (κ3) is 3.86. The Bertz CT molecular complexity index is 423. The minimum absolute atomic E-state index is 0.140. The van der Waals surface area contributed by atoms with Gasteiger partial charge in [-0.15, -0.1) is 6.42 Å². The molecule has 6 heteroatoms. The minimum Gasteiger partial charge on any atom is -0.383 e. The highest BCUT2D eigenvalue weighted by Gasteiger charge is 2.16. The summed E-state index contributed by atoms with van der Waals surface area (Å²) in [6, 6.07) is 0. The van der Waals surface area contributed by atoms with E-state index in [1.165, 1.54) is 10.9 Å². The van der Waals surface area contributed by atoms with Gasteiger partial charge < -0.3 is 4.74 Å². The zero-order valence-electron chi connectivity index (χ0n) is 9.57. The SMILES string of the molecule is C#CCNCC(=O)c1c(Cl)cnn1CCOC. The number of nitrogens with one attached hydrogen (secondary N) is 1. The van der Waals surface area contributed by atoms with Gasteiger partial charge in [-0.25, -0.2) is 0 Å². The Morgan fingerprint density at radius 3 is 3.18 bits per heavy atom. The van der Waals surface area contributed by atoms with Gasteiger partial charge in [0, 0.05) is 7.11 Å². The highest BCUT2D eigenvalue weighted by atomic mass is 35.5. The number of Topliss-reactive ketones (excluding diaryl/α,β-unsaturated/α-hetero) is 1. The van der Waals surface area contributed by atoms with Crippen molar-refractivity contribution in [1.29, 1.82) is 0 Å². The molecule has 0 fully saturated rings. The van der Waals surface area contributed by atoms with Crippen molar-refractivity contribution >= 4 is 17.4 Å². The van der Waals surface area contributed by atoms with Gasteiger partial charge in [0.05, 0.1) is 37.5 Å². The number of ketones is 1. The Kier molecular flexibility index (Phi) is 5.70. The first kappa shape index (κ1) is 13.7. The highest BCUT2D eigenvalue weighted by Crippen LogP contribution is 2.15. The van der Waals surface area contributed by atoms with Crippen LogP contribution in [0.1, 0.15) is 10.5 Å². The second-order valence-corrected chi connectivity index (χ2v) is 3.70. The van der Waals surface area contributed by atoms with E-state index in [-0.39, 0.29) is 12.3 Å². The summed E-state index contributed by atoms with van der Waals surface area (Å²) < 4.78 is 6.46. The van der Waals surface area contributed by atoms with Crippen LogP contribution in [-0.2, 0) is 11.3 Å². The molecule has 0 saturated carbocycles. The Hall–Kier alpha value is -1.35. The molecule has 0 aromatic carbocycles. The molecule has 0 amide bonds. The number of halogens is 1. The molecule has 1 aromatic heterocycles. The van der Waals surface area contributed by atoms with Crippen molar-refractivity contribution in [2.24, 2.45) is 0 Å².